The highest BCUT2D eigenvalue weighted by molar-refractivity contribution is 5.83. The number of hydrogen-bond acceptors (Lipinski definition) is 2. The summed E-state index contributed by atoms with van der Waals surface area (Å²) < 4.78 is 0. The molecule has 1 amide bonds. The molecule has 1 fully saturated rings. The van der Waals surface area contributed by atoms with E-state index in [1.165, 1.54) is 0 Å². The van der Waals surface area contributed by atoms with Crippen LogP contribution in [-0.4, -0.2) is 24.5 Å². The summed E-state index contributed by atoms with van der Waals surface area (Å²) in [6.07, 6.45) is 6.10. The fourth-order valence-electron chi connectivity index (χ4n) is 3.01. The lowest BCUT2D eigenvalue weighted by Gasteiger charge is -2.40. The zero-order valence-electron chi connectivity index (χ0n) is 12.6. The molecule has 1 heterocycles. The number of nitrogens with one attached hydrogen (secondary N) is 2. The standard InChI is InChI=1S/C15H30N2O/c1-5-14(10-9-11-16-12-14)13(18)17-15(6-2,7-3)8-4/h16H,5-12H2,1-4H3,(H,17,18). The van der Waals surface area contributed by atoms with Crippen LogP contribution in [0.15, 0.2) is 0 Å². The second-order valence-corrected chi connectivity index (χ2v) is 5.71. The lowest BCUT2D eigenvalue weighted by Crippen LogP contribution is -2.56. The third-order valence-corrected chi connectivity index (χ3v) is 5.04. The van der Waals surface area contributed by atoms with E-state index in [9.17, 15) is 4.79 Å². The van der Waals surface area contributed by atoms with Gasteiger partial charge in [-0.2, -0.15) is 0 Å². The van der Waals surface area contributed by atoms with Crippen LogP contribution in [0.2, 0.25) is 0 Å². The van der Waals surface area contributed by atoms with Crippen molar-refractivity contribution in [2.45, 2.75) is 71.8 Å². The van der Waals surface area contributed by atoms with Crippen LogP contribution in [0.1, 0.15) is 66.2 Å². The van der Waals surface area contributed by atoms with E-state index in [4.69, 9.17) is 0 Å². The predicted molar refractivity (Wildman–Crippen MR) is 76.6 cm³/mol. The summed E-state index contributed by atoms with van der Waals surface area (Å²) in [6.45, 7) is 10.5. The van der Waals surface area contributed by atoms with Crippen molar-refractivity contribution in [2.24, 2.45) is 5.41 Å². The topological polar surface area (TPSA) is 41.1 Å². The van der Waals surface area contributed by atoms with Gasteiger partial charge in [0.15, 0.2) is 0 Å². The van der Waals surface area contributed by atoms with Gasteiger partial charge >= 0.3 is 0 Å². The Bertz CT molecular complexity index is 257. The monoisotopic (exact) mass is 254 g/mol. The Morgan fingerprint density at radius 1 is 1.22 bits per heavy atom. The highest BCUT2D eigenvalue weighted by Gasteiger charge is 2.40. The quantitative estimate of drug-likeness (QED) is 0.765. The second kappa shape index (κ2) is 6.55. The van der Waals surface area contributed by atoms with Crippen molar-refractivity contribution < 1.29 is 4.79 Å². The largest absolute Gasteiger partial charge is 0.350 e. The summed E-state index contributed by atoms with van der Waals surface area (Å²) in [5.74, 6) is 0.266. The highest BCUT2D eigenvalue weighted by atomic mass is 16.2. The first kappa shape index (κ1) is 15.5. The summed E-state index contributed by atoms with van der Waals surface area (Å²) in [4.78, 5) is 12.7. The van der Waals surface area contributed by atoms with Gasteiger partial charge in [-0.15, -0.1) is 0 Å². The van der Waals surface area contributed by atoms with Gasteiger partial charge in [0.05, 0.1) is 5.41 Å². The van der Waals surface area contributed by atoms with Crippen LogP contribution < -0.4 is 10.6 Å². The summed E-state index contributed by atoms with van der Waals surface area (Å²) in [5.41, 5.74) is -0.181. The van der Waals surface area contributed by atoms with Crippen LogP contribution in [0.25, 0.3) is 0 Å². The third-order valence-electron chi connectivity index (χ3n) is 5.04. The molecule has 0 aromatic carbocycles. The maximum atomic E-state index is 12.7. The molecule has 2 N–H and O–H groups in total. The van der Waals surface area contributed by atoms with E-state index in [-0.39, 0.29) is 16.9 Å². The van der Waals surface area contributed by atoms with Crippen molar-refractivity contribution in [3.05, 3.63) is 0 Å². The van der Waals surface area contributed by atoms with Gasteiger partial charge in [0.25, 0.3) is 0 Å². The number of carbonyl (C=O) groups excluding carboxylic acids is 1. The van der Waals surface area contributed by atoms with Crippen LogP contribution in [-0.2, 0) is 4.79 Å². The van der Waals surface area contributed by atoms with Gasteiger partial charge < -0.3 is 10.6 Å². The van der Waals surface area contributed by atoms with Crippen molar-refractivity contribution in [3.63, 3.8) is 0 Å². The van der Waals surface area contributed by atoms with Crippen LogP contribution in [0.3, 0.4) is 0 Å². The molecule has 1 aliphatic rings. The van der Waals surface area contributed by atoms with Crippen molar-refractivity contribution in [3.8, 4) is 0 Å². The molecule has 3 heteroatoms. The van der Waals surface area contributed by atoms with Crippen LogP contribution in [0.5, 0.6) is 0 Å². The van der Waals surface area contributed by atoms with Crippen molar-refractivity contribution in [2.75, 3.05) is 13.1 Å². The first-order valence-electron chi connectivity index (χ1n) is 7.61. The Hall–Kier alpha value is -0.570. The molecule has 0 radical (unpaired) electrons. The van der Waals surface area contributed by atoms with Gasteiger partial charge in [0, 0.05) is 12.1 Å². The maximum absolute atomic E-state index is 12.7. The molecule has 1 atom stereocenters. The van der Waals surface area contributed by atoms with E-state index < -0.39 is 0 Å². The van der Waals surface area contributed by atoms with Gasteiger partial charge in [0.2, 0.25) is 5.91 Å². The van der Waals surface area contributed by atoms with Gasteiger partial charge in [-0.1, -0.05) is 27.7 Å². The van der Waals surface area contributed by atoms with E-state index in [0.29, 0.717) is 0 Å². The second-order valence-electron chi connectivity index (χ2n) is 5.71. The predicted octanol–water partition coefficient (Wildman–Crippen LogP) is 2.85. The van der Waals surface area contributed by atoms with E-state index in [1.54, 1.807) is 0 Å². The van der Waals surface area contributed by atoms with E-state index >= 15 is 0 Å². The van der Waals surface area contributed by atoms with Crippen LogP contribution >= 0.6 is 0 Å². The minimum atomic E-state index is -0.178. The van der Waals surface area contributed by atoms with Crippen molar-refractivity contribution >= 4 is 5.91 Å². The first-order valence-corrected chi connectivity index (χ1v) is 7.61. The van der Waals surface area contributed by atoms with Crippen molar-refractivity contribution in [1.29, 1.82) is 0 Å². The van der Waals surface area contributed by atoms with Crippen molar-refractivity contribution in [1.82, 2.24) is 10.6 Å². The lowest BCUT2D eigenvalue weighted by molar-refractivity contribution is -0.134. The highest BCUT2D eigenvalue weighted by Crippen LogP contribution is 2.32. The Labute approximate surface area is 112 Å². The van der Waals surface area contributed by atoms with Gasteiger partial charge in [-0.25, -0.2) is 0 Å². The minimum Gasteiger partial charge on any atom is -0.350 e. The molecule has 18 heavy (non-hydrogen) atoms. The van der Waals surface area contributed by atoms with Crippen LogP contribution in [0, 0.1) is 5.41 Å². The zero-order chi connectivity index (χ0) is 13.6. The number of hydrogen-bond donors (Lipinski definition) is 2. The average Bonchev–Trinajstić information content (AvgIpc) is 2.45. The molecule has 1 saturated heterocycles. The van der Waals surface area contributed by atoms with Gasteiger partial charge in [0.1, 0.15) is 0 Å². The molecule has 0 saturated carbocycles. The molecule has 1 rings (SSSR count). The Morgan fingerprint density at radius 2 is 1.83 bits per heavy atom. The summed E-state index contributed by atoms with van der Waals surface area (Å²) >= 11 is 0. The summed E-state index contributed by atoms with van der Waals surface area (Å²) in [5, 5.41) is 6.75. The van der Waals surface area contributed by atoms with E-state index in [1.807, 2.05) is 0 Å². The van der Waals surface area contributed by atoms with E-state index in [0.717, 1.165) is 51.6 Å². The number of rotatable bonds is 6. The van der Waals surface area contributed by atoms with Gasteiger partial charge in [-0.05, 0) is 45.1 Å². The minimum absolute atomic E-state index is 0.00327. The molecular weight excluding hydrogens is 224 g/mol. The number of amides is 1. The Kier molecular flexibility index (Phi) is 5.64. The molecule has 106 valence electrons. The lowest BCUT2D eigenvalue weighted by atomic mass is 9.76. The smallest absolute Gasteiger partial charge is 0.227 e. The Morgan fingerprint density at radius 3 is 2.22 bits per heavy atom. The molecule has 1 unspecified atom stereocenters. The molecule has 0 aromatic rings. The summed E-state index contributed by atoms with van der Waals surface area (Å²) in [6, 6.07) is 0. The first-order chi connectivity index (χ1) is 8.58. The SMILES string of the molecule is CCC(CC)(CC)NC(=O)C1(CC)CCCNC1. The molecule has 0 aliphatic carbocycles. The normalized spacial score (nSPS) is 24.9. The molecule has 0 spiro atoms. The summed E-state index contributed by atoms with van der Waals surface area (Å²) in [7, 11) is 0. The van der Waals surface area contributed by atoms with Crippen LogP contribution in [0.4, 0.5) is 0 Å². The molecule has 1 aliphatic heterocycles. The van der Waals surface area contributed by atoms with E-state index in [2.05, 4.69) is 38.3 Å². The number of carbonyl (C=O) groups is 1. The Balaban J connectivity index is 2.78. The maximum Gasteiger partial charge on any atom is 0.227 e. The molecule has 0 bridgehead atoms. The molecular formula is C15H30N2O. The third kappa shape index (κ3) is 3.05. The number of piperidine rings is 1. The molecule has 3 nitrogen and oxygen atoms in total. The average molecular weight is 254 g/mol. The fourth-order valence-corrected chi connectivity index (χ4v) is 3.01. The zero-order valence-corrected chi connectivity index (χ0v) is 12.6. The fraction of sp³-hybridized carbons (Fsp3) is 0.933. The van der Waals surface area contributed by atoms with Gasteiger partial charge in [-0.3, -0.25) is 4.79 Å². The molecule has 0 aromatic heterocycles.